The minimum absolute atomic E-state index is 0.0547. The van der Waals surface area contributed by atoms with Crippen molar-refractivity contribution in [3.05, 3.63) is 51.8 Å². The Morgan fingerprint density at radius 1 is 1.26 bits per heavy atom. The first-order chi connectivity index (χ1) is 14.6. The van der Waals surface area contributed by atoms with E-state index in [0.717, 1.165) is 29.7 Å². The number of benzene rings is 1. The van der Waals surface area contributed by atoms with Crippen molar-refractivity contribution in [3.8, 4) is 5.75 Å². The third kappa shape index (κ3) is 4.41. The first-order valence-corrected chi connectivity index (χ1v) is 11.2. The molecule has 1 heterocycles. The van der Waals surface area contributed by atoms with Gasteiger partial charge in [-0.2, -0.15) is 0 Å². The maximum absolute atomic E-state index is 13.2. The number of nitrogens with zero attached hydrogens (tertiary/aromatic N) is 1. The van der Waals surface area contributed by atoms with Crippen molar-refractivity contribution < 1.29 is 19.5 Å². The van der Waals surface area contributed by atoms with Gasteiger partial charge in [0.2, 0.25) is 0 Å². The van der Waals surface area contributed by atoms with Crippen molar-refractivity contribution in [2.75, 3.05) is 6.61 Å². The van der Waals surface area contributed by atoms with E-state index in [1.54, 1.807) is 6.08 Å². The largest absolute Gasteiger partial charge is 0.511 e. The molecule has 0 radical (unpaired) electrons. The molecule has 1 aromatic rings. The van der Waals surface area contributed by atoms with Gasteiger partial charge in [0.25, 0.3) is 0 Å². The van der Waals surface area contributed by atoms with Crippen LogP contribution in [0.2, 0.25) is 0 Å². The lowest BCUT2D eigenvalue weighted by molar-refractivity contribution is -0.116. The van der Waals surface area contributed by atoms with E-state index in [1.807, 2.05) is 6.92 Å². The lowest BCUT2D eigenvalue weighted by Crippen LogP contribution is -2.25. The van der Waals surface area contributed by atoms with Gasteiger partial charge in [0.15, 0.2) is 5.78 Å². The number of aliphatic hydroxyl groups is 1. The number of allylic oxidation sites excluding steroid dienone is 2. The fourth-order valence-corrected chi connectivity index (χ4v) is 4.96. The first kappa shape index (κ1) is 23.1. The standard InChI is InChI=1S/C26H35NO4/c1-8-10-20(27-30-11-9-2)24-21(28)12-18(13-22(24)29)23-15(3)16(4)25-19(17(23)5)14-26(6,7)31-25/h9,18,28H,2,8,10-14H2,1,3-7H3/b27-20+. The molecule has 0 amide bonds. The zero-order chi connectivity index (χ0) is 22.9. The summed E-state index contributed by atoms with van der Waals surface area (Å²) in [4.78, 5) is 18.4. The molecular formula is C26H35NO4. The quantitative estimate of drug-likeness (QED) is 0.254. The zero-order valence-corrected chi connectivity index (χ0v) is 19.7. The van der Waals surface area contributed by atoms with E-state index in [0.29, 0.717) is 30.5 Å². The number of fused-ring (bicyclic) bond motifs is 1. The van der Waals surface area contributed by atoms with Crippen LogP contribution < -0.4 is 4.74 Å². The van der Waals surface area contributed by atoms with Gasteiger partial charge in [-0.05, 0) is 69.2 Å². The average Bonchev–Trinajstić information content (AvgIpc) is 3.02. The summed E-state index contributed by atoms with van der Waals surface area (Å²) in [5.41, 5.74) is 6.52. The van der Waals surface area contributed by atoms with E-state index in [9.17, 15) is 9.90 Å². The van der Waals surface area contributed by atoms with E-state index in [1.165, 1.54) is 16.7 Å². The molecule has 0 spiro atoms. The van der Waals surface area contributed by atoms with Crippen molar-refractivity contribution in [1.82, 2.24) is 0 Å². The Balaban J connectivity index is 2.00. The molecule has 1 N–H and O–H groups in total. The van der Waals surface area contributed by atoms with Crippen molar-refractivity contribution in [2.45, 2.75) is 85.2 Å². The molecular weight excluding hydrogens is 390 g/mol. The fourth-order valence-electron chi connectivity index (χ4n) is 4.96. The van der Waals surface area contributed by atoms with Crippen LogP contribution in [0.3, 0.4) is 0 Å². The van der Waals surface area contributed by atoms with Gasteiger partial charge in [0.05, 0.1) is 11.3 Å². The van der Waals surface area contributed by atoms with Gasteiger partial charge in [0.1, 0.15) is 23.7 Å². The molecule has 1 aliphatic carbocycles. The Bertz CT molecular complexity index is 968. The first-order valence-electron chi connectivity index (χ1n) is 11.2. The number of Topliss-reactive ketones (excluding diaryl/α,β-unsaturated/α-hetero) is 1. The topological polar surface area (TPSA) is 68.1 Å². The van der Waals surface area contributed by atoms with Gasteiger partial charge in [-0.3, -0.25) is 4.79 Å². The van der Waals surface area contributed by atoms with Gasteiger partial charge in [-0.1, -0.05) is 31.2 Å². The van der Waals surface area contributed by atoms with Crippen LogP contribution in [-0.4, -0.2) is 28.8 Å². The lowest BCUT2D eigenvalue weighted by atomic mass is 9.76. The van der Waals surface area contributed by atoms with E-state index < -0.39 is 0 Å². The molecule has 1 unspecified atom stereocenters. The Labute approximate surface area is 185 Å². The minimum atomic E-state index is -0.225. The number of carbonyl (C=O) groups is 1. The van der Waals surface area contributed by atoms with E-state index >= 15 is 0 Å². The maximum atomic E-state index is 13.2. The normalized spacial score (nSPS) is 20.5. The summed E-state index contributed by atoms with van der Waals surface area (Å²) in [6.07, 6.45) is 4.62. The van der Waals surface area contributed by atoms with Gasteiger partial charge in [-0.15, -0.1) is 0 Å². The third-order valence-corrected chi connectivity index (χ3v) is 6.41. The number of carbonyl (C=O) groups excluding carboxylic acids is 1. The smallest absolute Gasteiger partial charge is 0.168 e. The molecule has 168 valence electrons. The number of rotatable bonds is 7. The van der Waals surface area contributed by atoms with Crippen LogP contribution in [0, 0.1) is 20.8 Å². The highest BCUT2D eigenvalue weighted by Gasteiger charge is 2.38. The van der Waals surface area contributed by atoms with Crippen molar-refractivity contribution >= 4 is 11.5 Å². The summed E-state index contributed by atoms with van der Waals surface area (Å²) in [5.74, 6) is 0.977. The van der Waals surface area contributed by atoms with Crippen LogP contribution in [0.15, 0.2) is 29.1 Å². The van der Waals surface area contributed by atoms with Crippen molar-refractivity contribution in [2.24, 2.45) is 5.16 Å². The summed E-state index contributed by atoms with van der Waals surface area (Å²) < 4.78 is 6.23. The maximum Gasteiger partial charge on any atom is 0.168 e. The molecule has 0 saturated carbocycles. The third-order valence-electron chi connectivity index (χ3n) is 6.41. The second-order valence-electron chi connectivity index (χ2n) is 9.36. The van der Waals surface area contributed by atoms with Crippen LogP contribution in [0.4, 0.5) is 0 Å². The second kappa shape index (κ2) is 8.89. The highest BCUT2D eigenvalue weighted by molar-refractivity contribution is 6.23. The number of oxime groups is 1. The number of ketones is 1. The molecule has 0 aromatic heterocycles. The number of aliphatic hydroxyl groups excluding tert-OH is 1. The Morgan fingerprint density at radius 2 is 1.97 bits per heavy atom. The molecule has 31 heavy (non-hydrogen) atoms. The van der Waals surface area contributed by atoms with E-state index in [2.05, 4.69) is 46.4 Å². The van der Waals surface area contributed by atoms with Gasteiger partial charge in [0, 0.05) is 24.8 Å². The average molecular weight is 426 g/mol. The summed E-state index contributed by atoms with van der Waals surface area (Å²) in [6.45, 7) is 16.4. The predicted octanol–water partition coefficient (Wildman–Crippen LogP) is 5.94. The molecule has 5 heteroatoms. The lowest BCUT2D eigenvalue weighted by Gasteiger charge is -2.28. The number of hydrogen-bond donors (Lipinski definition) is 1. The molecule has 5 nitrogen and oxygen atoms in total. The molecule has 1 aromatic carbocycles. The molecule has 2 aliphatic rings. The fraction of sp³-hybridized carbons (Fsp3) is 0.538. The summed E-state index contributed by atoms with van der Waals surface area (Å²) >= 11 is 0. The second-order valence-corrected chi connectivity index (χ2v) is 9.36. The van der Waals surface area contributed by atoms with Crippen molar-refractivity contribution in [3.63, 3.8) is 0 Å². The number of hydrogen-bond acceptors (Lipinski definition) is 5. The highest BCUT2D eigenvalue weighted by atomic mass is 16.6. The molecule has 0 saturated heterocycles. The van der Waals surface area contributed by atoms with Gasteiger partial charge < -0.3 is 14.7 Å². The van der Waals surface area contributed by atoms with Crippen molar-refractivity contribution in [1.29, 1.82) is 0 Å². The molecule has 3 rings (SSSR count). The molecule has 1 aliphatic heterocycles. The number of ether oxygens (including phenoxy) is 1. The SMILES string of the molecule is C=CCO/N=C(\CCC)C1=C(O)CC(c2c(C)c(C)c3c(c2C)CC(C)(C)O3)CC1=O. The Hall–Kier alpha value is -2.56. The van der Waals surface area contributed by atoms with Crippen LogP contribution in [0.5, 0.6) is 5.75 Å². The molecule has 1 atom stereocenters. The Morgan fingerprint density at radius 3 is 2.58 bits per heavy atom. The van der Waals surface area contributed by atoms with Crippen LogP contribution in [0.1, 0.15) is 80.2 Å². The molecule has 0 bridgehead atoms. The summed E-state index contributed by atoms with van der Waals surface area (Å²) in [7, 11) is 0. The van der Waals surface area contributed by atoms with Crippen LogP contribution in [-0.2, 0) is 16.1 Å². The summed E-state index contributed by atoms with van der Waals surface area (Å²) in [6, 6.07) is 0. The zero-order valence-electron chi connectivity index (χ0n) is 19.7. The summed E-state index contributed by atoms with van der Waals surface area (Å²) in [5, 5.41) is 15.1. The minimum Gasteiger partial charge on any atom is -0.511 e. The van der Waals surface area contributed by atoms with Gasteiger partial charge in [-0.25, -0.2) is 0 Å². The highest BCUT2D eigenvalue weighted by Crippen LogP contribution is 2.46. The van der Waals surface area contributed by atoms with E-state index in [-0.39, 0.29) is 29.7 Å². The Kier molecular flexibility index (Phi) is 6.63. The van der Waals surface area contributed by atoms with E-state index in [4.69, 9.17) is 9.57 Å². The van der Waals surface area contributed by atoms with Crippen LogP contribution >= 0.6 is 0 Å². The molecule has 0 fully saturated rings. The van der Waals surface area contributed by atoms with Gasteiger partial charge >= 0.3 is 0 Å². The predicted molar refractivity (Wildman–Crippen MR) is 124 cm³/mol. The van der Waals surface area contributed by atoms with Crippen LogP contribution in [0.25, 0.3) is 0 Å². The monoisotopic (exact) mass is 425 g/mol.